The third-order valence-electron chi connectivity index (χ3n) is 2.45. The summed E-state index contributed by atoms with van der Waals surface area (Å²) in [6.07, 6.45) is 8.14. The van der Waals surface area contributed by atoms with Gasteiger partial charge in [-0.15, -0.1) is 0 Å². The van der Waals surface area contributed by atoms with Crippen molar-refractivity contribution >= 4 is 0 Å². The van der Waals surface area contributed by atoms with Crippen molar-refractivity contribution in [2.45, 2.75) is 34.1 Å². The van der Waals surface area contributed by atoms with E-state index in [-0.39, 0.29) is 0 Å². The molecule has 0 radical (unpaired) electrons. The van der Waals surface area contributed by atoms with Crippen LogP contribution in [0, 0.1) is 11.3 Å². The van der Waals surface area contributed by atoms with Gasteiger partial charge in [-0.25, -0.2) is 0 Å². The van der Waals surface area contributed by atoms with Gasteiger partial charge in [-0.05, 0) is 24.7 Å². The Balaban J connectivity index is 2.84. The molecule has 0 aromatic heterocycles. The van der Waals surface area contributed by atoms with Crippen molar-refractivity contribution in [3.8, 4) is 0 Å². The highest BCUT2D eigenvalue weighted by Gasteiger charge is 2.22. The van der Waals surface area contributed by atoms with Gasteiger partial charge in [-0.2, -0.15) is 0 Å². The molecule has 0 N–H and O–H groups in total. The average molecular weight is 150 g/mol. The van der Waals surface area contributed by atoms with Gasteiger partial charge in [0.15, 0.2) is 0 Å². The fraction of sp³-hybridized carbons (Fsp3) is 0.636. The Morgan fingerprint density at radius 1 is 1.55 bits per heavy atom. The van der Waals surface area contributed by atoms with Crippen LogP contribution in [0.5, 0.6) is 0 Å². The van der Waals surface area contributed by atoms with E-state index in [4.69, 9.17) is 0 Å². The van der Waals surface area contributed by atoms with Crippen molar-refractivity contribution < 1.29 is 0 Å². The first-order valence-electron chi connectivity index (χ1n) is 4.39. The van der Waals surface area contributed by atoms with Crippen LogP contribution in [-0.4, -0.2) is 0 Å². The molecular formula is C11H18. The van der Waals surface area contributed by atoms with E-state index in [1.807, 2.05) is 0 Å². The van der Waals surface area contributed by atoms with Crippen LogP contribution in [0.4, 0.5) is 0 Å². The second-order valence-electron chi connectivity index (χ2n) is 4.18. The lowest BCUT2D eigenvalue weighted by Crippen LogP contribution is -2.16. The lowest BCUT2D eigenvalue weighted by molar-refractivity contribution is 0.438. The molecule has 1 rings (SSSR count). The van der Waals surface area contributed by atoms with Gasteiger partial charge >= 0.3 is 0 Å². The summed E-state index contributed by atoms with van der Waals surface area (Å²) in [5.74, 6) is 0.660. The molecule has 1 aliphatic rings. The van der Waals surface area contributed by atoms with E-state index < -0.39 is 0 Å². The van der Waals surface area contributed by atoms with Crippen LogP contribution in [0.1, 0.15) is 34.1 Å². The molecule has 1 atom stereocenters. The van der Waals surface area contributed by atoms with Crippen molar-refractivity contribution in [3.05, 3.63) is 23.8 Å². The van der Waals surface area contributed by atoms with Gasteiger partial charge in [0.1, 0.15) is 0 Å². The summed E-state index contributed by atoms with van der Waals surface area (Å²) in [6.45, 7) is 8.99. The van der Waals surface area contributed by atoms with Crippen molar-refractivity contribution in [2.75, 3.05) is 0 Å². The summed E-state index contributed by atoms with van der Waals surface area (Å²) >= 11 is 0. The van der Waals surface area contributed by atoms with Crippen LogP contribution in [0.15, 0.2) is 23.8 Å². The van der Waals surface area contributed by atoms with Crippen LogP contribution in [0.25, 0.3) is 0 Å². The molecule has 0 fully saturated rings. The first kappa shape index (κ1) is 8.58. The zero-order chi connectivity index (χ0) is 8.48. The highest BCUT2D eigenvalue weighted by atomic mass is 14.3. The Hall–Kier alpha value is -0.520. The van der Waals surface area contributed by atoms with E-state index in [1.165, 1.54) is 6.42 Å². The van der Waals surface area contributed by atoms with Crippen LogP contribution in [-0.2, 0) is 0 Å². The monoisotopic (exact) mass is 150 g/mol. The van der Waals surface area contributed by atoms with Gasteiger partial charge in [0, 0.05) is 0 Å². The fourth-order valence-corrected chi connectivity index (χ4v) is 1.64. The fourth-order valence-electron chi connectivity index (χ4n) is 1.64. The maximum absolute atomic E-state index is 2.34. The number of hydrogen-bond acceptors (Lipinski definition) is 0. The summed E-state index contributed by atoms with van der Waals surface area (Å²) in [4.78, 5) is 0. The molecule has 0 aromatic rings. The van der Waals surface area contributed by atoms with Crippen molar-refractivity contribution in [2.24, 2.45) is 11.3 Å². The normalized spacial score (nSPS) is 32.7. The molecule has 0 amide bonds. The molecule has 0 heteroatoms. The van der Waals surface area contributed by atoms with Crippen LogP contribution in [0.2, 0.25) is 0 Å². The second-order valence-corrected chi connectivity index (χ2v) is 4.18. The van der Waals surface area contributed by atoms with E-state index in [2.05, 4.69) is 45.9 Å². The Morgan fingerprint density at radius 2 is 2.18 bits per heavy atom. The van der Waals surface area contributed by atoms with Gasteiger partial charge < -0.3 is 0 Å². The number of allylic oxidation sites excluding steroid dienone is 4. The third kappa shape index (κ3) is 1.95. The zero-order valence-electron chi connectivity index (χ0n) is 8.02. The molecule has 0 heterocycles. The molecule has 0 aliphatic heterocycles. The standard InChI is InChI=1S/C11H18/c1-5-10-8-11(3,4)7-6-9(10)2/h5-7,9H,8H2,1-4H3. The second kappa shape index (κ2) is 2.84. The highest BCUT2D eigenvalue weighted by Crippen LogP contribution is 2.35. The van der Waals surface area contributed by atoms with Gasteiger partial charge in [0.25, 0.3) is 0 Å². The summed E-state index contributed by atoms with van der Waals surface area (Å²) in [6, 6.07) is 0. The lowest BCUT2D eigenvalue weighted by atomic mass is 9.76. The molecule has 0 saturated heterocycles. The Morgan fingerprint density at radius 3 is 2.64 bits per heavy atom. The maximum atomic E-state index is 2.34. The average Bonchev–Trinajstić information content (AvgIpc) is 1.94. The minimum atomic E-state index is 0.383. The van der Waals surface area contributed by atoms with Gasteiger partial charge in [-0.1, -0.05) is 44.6 Å². The maximum Gasteiger partial charge on any atom is -0.00512 e. The van der Waals surface area contributed by atoms with E-state index in [0.29, 0.717) is 11.3 Å². The van der Waals surface area contributed by atoms with Crippen LogP contribution >= 0.6 is 0 Å². The molecule has 0 nitrogen and oxygen atoms in total. The predicted octanol–water partition coefficient (Wildman–Crippen LogP) is 3.55. The summed E-state index contributed by atoms with van der Waals surface area (Å²) in [7, 11) is 0. The van der Waals surface area contributed by atoms with Gasteiger partial charge in [0.2, 0.25) is 0 Å². The number of hydrogen-bond donors (Lipinski definition) is 0. The number of rotatable bonds is 0. The summed E-state index contributed by atoms with van der Waals surface area (Å²) in [5, 5.41) is 0. The van der Waals surface area contributed by atoms with E-state index >= 15 is 0 Å². The summed E-state index contributed by atoms with van der Waals surface area (Å²) < 4.78 is 0. The third-order valence-corrected chi connectivity index (χ3v) is 2.45. The smallest absolute Gasteiger partial charge is 0.00512 e. The Bertz CT molecular complexity index is 194. The van der Waals surface area contributed by atoms with E-state index in [1.54, 1.807) is 5.57 Å². The SMILES string of the molecule is CC=C1CC(C)(C)C=CC1C. The molecule has 0 aromatic carbocycles. The van der Waals surface area contributed by atoms with Crippen LogP contribution < -0.4 is 0 Å². The molecule has 0 spiro atoms. The highest BCUT2D eigenvalue weighted by molar-refractivity contribution is 5.21. The molecule has 0 bridgehead atoms. The zero-order valence-corrected chi connectivity index (χ0v) is 8.02. The molecule has 1 unspecified atom stereocenters. The largest absolute Gasteiger partial charge is 0.0878 e. The topological polar surface area (TPSA) is 0 Å². The van der Waals surface area contributed by atoms with Gasteiger partial charge in [0.05, 0.1) is 0 Å². The first-order valence-corrected chi connectivity index (χ1v) is 4.39. The molecule has 62 valence electrons. The van der Waals surface area contributed by atoms with E-state index in [9.17, 15) is 0 Å². The van der Waals surface area contributed by atoms with E-state index in [0.717, 1.165) is 0 Å². The molecular weight excluding hydrogens is 132 g/mol. The van der Waals surface area contributed by atoms with Crippen molar-refractivity contribution in [1.82, 2.24) is 0 Å². The minimum absolute atomic E-state index is 0.383. The molecule has 0 saturated carbocycles. The van der Waals surface area contributed by atoms with Gasteiger partial charge in [-0.3, -0.25) is 0 Å². The quantitative estimate of drug-likeness (QED) is 0.463. The summed E-state index contributed by atoms with van der Waals surface area (Å²) in [5.41, 5.74) is 1.96. The predicted molar refractivity (Wildman–Crippen MR) is 50.5 cm³/mol. The Kier molecular flexibility index (Phi) is 2.22. The van der Waals surface area contributed by atoms with Crippen molar-refractivity contribution in [3.63, 3.8) is 0 Å². The minimum Gasteiger partial charge on any atom is -0.0878 e. The Labute approximate surface area is 70.0 Å². The molecule has 1 aliphatic carbocycles. The lowest BCUT2D eigenvalue weighted by Gasteiger charge is -2.29. The van der Waals surface area contributed by atoms with Crippen molar-refractivity contribution in [1.29, 1.82) is 0 Å². The molecule has 11 heavy (non-hydrogen) atoms. The van der Waals surface area contributed by atoms with Crippen LogP contribution in [0.3, 0.4) is 0 Å². The first-order chi connectivity index (χ1) is 5.05.